The molecule has 0 aromatic carbocycles. The van der Waals surface area contributed by atoms with E-state index < -0.39 is 0 Å². The Morgan fingerprint density at radius 3 is 0.746 bits per heavy atom. The molecule has 1 unspecified atom stereocenters. The summed E-state index contributed by atoms with van der Waals surface area (Å²) in [6.45, 7) is 36.9. The molecule has 0 spiro atoms. The predicted molar refractivity (Wildman–Crippen MR) is 329 cm³/mol. The van der Waals surface area contributed by atoms with E-state index in [4.69, 9.17) is 0 Å². The zero-order valence-electron chi connectivity index (χ0n) is 52.3. The van der Waals surface area contributed by atoms with Crippen molar-refractivity contribution >= 4 is 0 Å². The summed E-state index contributed by atoms with van der Waals surface area (Å²) >= 11 is 0. The Morgan fingerprint density at radius 1 is 0.380 bits per heavy atom. The van der Waals surface area contributed by atoms with Crippen LogP contribution in [0.25, 0.3) is 0 Å². The van der Waals surface area contributed by atoms with Crippen LogP contribution in [0.4, 0.5) is 0 Å². The molecule has 7 aliphatic carbocycles. The Bertz CT molecular complexity index is 966. The fourth-order valence-electron chi connectivity index (χ4n) is 14.9. The first-order valence-electron chi connectivity index (χ1n) is 33.1. The van der Waals surface area contributed by atoms with Gasteiger partial charge in [0.15, 0.2) is 0 Å². The maximum atomic E-state index is 2.40. The van der Waals surface area contributed by atoms with Gasteiger partial charge in [0, 0.05) is 0 Å². The highest BCUT2D eigenvalue weighted by molar-refractivity contribution is 4.84. The molecule has 0 N–H and O–H groups in total. The lowest BCUT2D eigenvalue weighted by molar-refractivity contribution is 0.116. The van der Waals surface area contributed by atoms with Gasteiger partial charge in [-0.15, -0.1) is 0 Å². The quantitative estimate of drug-likeness (QED) is 0.194. The van der Waals surface area contributed by atoms with Crippen molar-refractivity contribution in [2.75, 3.05) is 0 Å². The van der Waals surface area contributed by atoms with Gasteiger partial charge in [-0.2, -0.15) is 0 Å². The Kier molecular flexibility index (Phi) is 41.1. The van der Waals surface area contributed by atoms with Crippen LogP contribution in [0.3, 0.4) is 0 Å². The van der Waals surface area contributed by atoms with Crippen molar-refractivity contribution in [2.24, 2.45) is 69.0 Å². The van der Waals surface area contributed by atoms with Gasteiger partial charge in [0.25, 0.3) is 0 Å². The molecule has 0 nitrogen and oxygen atoms in total. The van der Waals surface area contributed by atoms with Gasteiger partial charge < -0.3 is 0 Å². The summed E-state index contributed by atoms with van der Waals surface area (Å²) in [5.74, 6) is 8.47. The summed E-state index contributed by atoms with van der Waals surface area (Å²) < 4.78 is 0. The summed E-state index contributed by atoms with van der Waals surface area (Å²) in [6.07, 6.45) is 63.0. The SMILES string of the molecule is C.C1CCC(CC2CCCCC2)CC1.C1CCC(CC2CCCCC2)CC1.C1CCC(CC2CCCCC2)CC1.CC1(C)CCCC(C)(C)C1.CCC.CCC(C)(C)CC(C)C.CCC(C)CC(C)(C)C. The van der Waals surface area contributed by atoms with E-state index in [2.05, 4.69) is 111 Å². The third-order valence-electron chi connectivity index (χ3n) is 18.6. The summed E-state index contributed by atoms with van der Waals surface area (Å²) in [6, 6.07) is 0. The zero-order chi connectivity index (χ0) is 52.3. The maximum absolute atomic E-state index is 2.40. The highest BCUT2D eigenvalue weighted by Gasteiger charge is 2.32. The number of hydrogen-bond acceptors (Lipinski definition) is 0. The summed E-state index contributed by atoms with van der Waals surface area (Å²) in [5.41, 5.74) is 2.31. The maximum Gasteiger partial charge on any atom is -0.0349 e. The highest BCUT2D eigenvalue weighted by atomic mass is 14.4. The van der Waals surface area contributed by atoms with Gasteiger partial charge in [-0.25, -0.2) is 0 Å². The van der Waals surface area contributed by atoms with E-state index in [1.807, 2.05) is 0 Å². The van der Waals surface area contributed by atoms with E-state index in [9.17, 15) is 0 Å². The molecule has 0 bridgehead atoms. The topological polar surface area (TPSA) is 0 Å². The molecule has 7 rings (SSSR count). The smallest absolute Gasteiger partial charge is 0.0349 e. The summed E-state index contributed by atoms with van der Waals surface area (Å²) in [5, 5.41) is 0. The van der Waals surface area contributed by atoms with Crippen LogP contribution in [0.15, 0.2) is 0 Å². The van der Waals surface area contributed by atoms with Gasteiger partial charge in [0.05, 0.1) is 0 Å². The van der Waals surface area contributed by atoms with Crippen molar-refractivity contribution in [1.29, 1.82) is 0 Å². The molecule has 0 saturated heterocycles. The molecule has 7 saturated carbocycles. The molecule has 0 aliphatic heterocycles. The monoisotopic (exact) mass is 997 g/mol. The van der Waals surface area contributed by atoms with Crippen LogP contribution in [0.5, 0.6) is 0 Å². The van der Waals surface area contributed by atoms with Crippen LogP contribution in [0.1, 0.15) is 388 Å². The lowest BCUT2D eigenvalue weighted by atomic mass is 9.65. The number of rotatable bonds is 11. The number of hydrogen-bond donors (Lipinski definition) is 0. The van der Waals surface area contributed by atoms with Crippen LogP contribution < -0.4 is 0 Å². The third kappa shape index (κ3) is 40.9. The molecule has 428 valence electrons. The van der Waals surface area contributed by atoms with Crippen molar-refractivity contribution in [1.82, 2.24) is 0 Å². The Morgan fingerprint density at radius 2 is 0.620 bits per heavy atom. The second kappa shape index (κ2) is 41.1. The van der Waals surface area contributed by atoms with E-state index in [1.165, 1.54) is 173 Å². The van der Waals surface area contributed by atoms with Gasteiger partial charge in [-0.05, 0) is 120 Å². The van der Waals surface area contributed by atoms with Gasteiger partial charge in [0.2, 0.25) is 0 Å². The zero-order valence-corrected chi connectivity index (χ0v) is 52.3. The molecule has 0 amide bonds. The lowest BCUT2D eigenvalue weighted by Crippen LogP contribution is -2.28. The average Bonchev–Trinajstić information content (AvgIpc) is 3.31. The lowest BCUT2D eigenvalue weighted by Gasteiger charge is -2.40. The van der Waals surface area contributed by atoms with Crippen LogP contribution in [-0.2, 0) is 0 Å². The van der Waals surface area contributed by atoms with E-state index in [1.54, 1.807) is 96.3 Å². The molecule has 0 aromatic heterocycles. The largest absolute Gasteiger partial charge is 0.0776 e. The van der Waals surface area contributed by atoms with Crippen molar-refractivity contribution in [2.45, 2.75) is 388 Å². The molecule has 1 atom stereocenters. The Balaban J connectivity index is 0.000000823. The van der Waals surface area contributed by atoms with Gasteiger partial charge in [0.1, 0.15) is 0 Å². The standard InChI is InChI=1S/3C13H24.C10H20.2C9H20.C3H8.CH4/c3*1-3-7-12(8-4-1)11-13-9-5-2-6-10-13;1-9(2)6-5-7-10(3,4)8-9;1-6-8(2)7-9(3,4)5;1-6-9(4,5)7-8(2)3;1-3-2;/h3*12-13H,1-11H2;5-8H2,1-4H3;2*8H,6-7H2,1-5H3;3H2,1-2H3;1H4. The first-order chi connectivity index (χ1) is 33.1. The van der Waals surface area contributed by atoms with E-state index in [-0.39, 0.29) is 7.43 Å². The Hall–Kier alpha value is 0. The minimum absolute atomic E-state index is 0. The molecular formula is C71H144. The summed E-state index contributed by atoms with van der Waals surface area (Å²) in [4.78, 5) is 0. The van der Waals surface area contributed by atoms with Crippen LogP contribution >= 0.6 is 0 Å². The van der Waals surface area contributed by atoms with Crippen molar-refractivity contribution in [3.63, 3.8) is 0 Å². The second-order valence-electron chi connectivity index (χ2n) is 30.2. The molecule has 7 fully saturated rings. The second-order valence-corrected chi connectivity index (χ2v) is 30.2. The molecule has 71 heavy (non-hydrogen) atoms. The molecular weight excluding hydrogens is 853 g/mol. The third-order valence-corrected chi connectivity index (χ3v) is 18.6. The molecule has 0 heterocycles. The van der Waals surface area contributed by atoms with Crippen LogP contribution in [0, 0.1) is 69.0 Å². The van der Waals surface area contributed by atoms with E-state index in [0.717, 1.165) is 47.3 Å². The average molecular weight is 998 g/mol. The van der Waals surface area contributed by atoms with E-state index >= 15 is 0 Å². The van der Waals surface area contributed by atoms with Gasteiger partial charge >= 0.3 is 0 Å². The van der Waals surface area contributed by atoms with Crippen molar-refractivity contribution in [3.05, 3.63) is 0 Å². The van der Waals surface area contributed by atoms with Crippen LogP contribution in [-0.4, -0.2) is 0 Å². The van der Waals surface area contributed by atoms with Gasteiger partial charge in [-0.1, -0.05) is 337 Å². The molecule has 0 heteroatoms. The van der Waals surface area contributed by atoms with Crippen molar-refractivity contribution in [3.8, 4) is 0 Å². The predicted octanol–water partition coefficient (Wildman–Crippen LogP) is 26.2. The van der Waals surface area contributed by atoms with Gasteiger partial charge in [-0.3, -0.25) is 0 Å². The highest BCUT2D eigenvalue weighted by Crippen LogP contribution is 2.45. The Labute approximate surface area is 454 Å². The minimum Gasteiger partial charge on any atom is -0.0776 e. The minimum atomic E-state index is 0. The van der Waals surface area contributed by atoms with Crippen molar-refractivity contribution < 1.29 is 0 Å². The summed E-state index contributed by atoms with van der Waals surface area (Å²) in [7, 11) is 0. The fourth-order valence-corrected chi connectivity index (χ4v) is 14.9. The molecule has 0 aromatic rings. The normalized spacial score (nSPS) is 23.3. The molecule has 7 aliphatic rings. The van der Waals surface area contributed by atoms with E-state index in [0.29, 0.717) is 21.7 Å². The van der Waals surface area contributed by atoms with Crippen LogP contribution in [0.2, 0.25) is 0 Å². The fraction of sp³-hybridized carbons (Fsp3) is 1.00. The first kappa shape index (κ1) is 71.0. The first-order valence-corrected chi connectivity index (χ1v) is 33.1. The molecule has 0 radical (unpaired) electrons.